The van der Waals surface area contributed by atoms with Crippen LogP contribution in [0.3, 0.4) is 0 Å². The molecular weight excluding hydrogens is 400 g/mol. The van der Waals surface area contributed by atoms with Gasteiger partial charge >= 0.3 is 0 Å². The lowest BCUT2D eigenvalue weighted by Gasteiger charge is -2.10. The molecule has 5 aromatic rings. The zero-order valence-corrected chi connectivity index (χ0v) is 18.4. The monoisotopic (exact) mass is 424 g/mol. The minimum absolute atomic E-state index is 0.872. The van der Waals surface area contributed by atoms with Crippen LogP contribution in [0.25, 0.3) is 45.4 Å². The fourth-order valence-corrected chi connectivity index (χ4v) is 4.82. The summed E-state index contributed by atoms with van der Waals surface area (Å²) in [7, 11) is 0. The van der Waals surface area contributed by atoms with Crippen LogP contribution < -0.4 is 10.4 Å². The molecule has 3 aromatic carbocycles. The molecule has 0 N–H and O–H groups in total. The molecule has 2 aromatic heterocycles. The van der Waals surface area contributed by atoms with Crippen molar-refractivity contribution in [3.63, 3.8) is 0 Å². The van der Waals surface area contributed by atoms with Crippen molar-refractivity contribution in [2.75, 3.05) is 0 Å². The molecule has 2 nitrogen and oxygen atoms in total. The average molecular weight is 425 g/mol. The van der Waals surface area contributed by atoms with E-state index in [1.807, 2.05) is 12.4 Å². The molecule has 0 saturated carbocycles. The normalized spacial score (nSPS) is 12.6. The Hall–Kier alpha value is -4.04. The van der Waals surface area contributed by atoms with E-state index >= 15 is 0 Å². The molecule has 0 bridgehead atoms. The second kappa shape index (κ2) is 8.48. The lowest BCUT2D eigenvalue weighted by Crippen LogP contribution is -2.29. The first-order valence-corrected chi connectivity index (χ1v) is 11.5. The van der Waals surface area contributed by atoms with Crippen LogP contribution in [0.15, 0.2) is 97.3 Å². The molecule has 1 aliphatic carbocycles. The van der Waals surface area contributed by atoms with Gasteiger partial charge in [0.2, 0.25) is 0 Å². The molecule has 0 unspecified atom stereocenters. The number of hydrogen-bond acceptors (Lipinski definition) is 2. The summed E-state index contributed by atoms with van der Waals surface area (Å²) in [6.45, 7) is 0. The summed E-state index contributed by atoms with van der Waals surface area (Å²) in [5, 5.41) is 4.97. The Morgan fingerprint density at radius 3 is 2.15 bits per heavy atom. The summed E-state index contributed by atoms with van der Waals surface area (Å²) < 4.78 is 0. The molecule has 0 spiro atoms. The molecule has 6 rings (SSSR count). The highest BCUT2D eigenvalue weighted by Gasteiger charge is 2.08. The van der Waals surface area contributed by atoms with Crippen LogP contribution in [0.5, 0.6) is 0 Å². The third-order valence-corrected chi connectivity index (χ3v) is 6.39. The summed E-state index contributed by atoms with van der Waals surface area (Å²) >= 11 is 0. The molecule has 0 aliphatic heterocycles. The van der Waals surface area contributed by atoms with Crippen molar-refractivity contribution in [3.05, 3.63) is 119 Å². The van der Waals surface area contributed by atoms with Crippen LogP contribution in [-0.4, -0.2) is 9.97 Å². The van der Waals surface area contributed by atoms with Crippen LogP contribution in [0, 0.1) is 0 Å². The van der Waals surface area contributed by atoms with Gasteiger partial charge in [-0.15, -0.1) is 0 Å². The van der Waals surface area contributed by atoms with Crippen molar-refractivity contribution in [2.24, 2.45) is 0 Å². The Morgan fingerprint density at radius 1 is 0.606 bits per heavy atom. The Bertz CT molecular complexity index is 1590. The maximum absolute atomic E-state index is 4.73. The van der Waals surface area contributed by atoms with E-state index in [1.54, 1.807) is 0 Å². The summed E-state index contributed by atoms with van der Waals surface area (Å²) in [6.07, 6.45) is 11.5. The second-order valence-electron chi connectivity index (χ2n) is 8.61. The number of fused-ring (bicyclic) bond motifs is 2. The van der Waals surface area contributed by atoms with Crippen LogP contribution >= 0.6 is 0 Å². The van der Waals surface area contributed by atoms with Crippen LogP contribution in [-0.2, 0) is 6.42 Å². The lowest BCUT2D eigenvalue weighted by molar-refractivity contribution is 1.10. The fraction of sp³-hybridized carbons (Fsp3) is 0.0968. The van der Waals surface area contributed by atoms with Gasteiger partial charge in [-0.05, 0) is 65.3 Å². The molecule has 0 radical (unpaired) electrons. The highest BCUT2D eigenvalue weighted by atomic mass is 14.7. The van der Waals surface area contributed by atoms with E-state index in [-0.39, 0.29) is 0 Å². The van der Waals surface area contributed by atoms with Crippen LogP contribution in [0.4, 0.5) is 0 Å². The first kappa shape index (κ1) is 19.6. The minimum Gasteiger partial charge on any atom is -0.256 e. The van der Waals surface area contributed by atoms with E-state index in [9.17, 15) is 0 Å². The van der Waals surface area contributed by atoms with Crippen LogP contribution in [0.2, 0.25) is 0 Å². The molecule has 2 heteroatoms. The van der Waals surface area contributed by atoms with Crippen molar-refractivity contribution >= 4 is 22.9 Å². The molecule has 1 aliphatic rings. The maximum Gasteiger partial charge on any atom is 0.0780 e. The largest absolute Gasteiger partial charge is 0.256 e. The van der Waals surface area contributed by atoms with Gasteiger partial charge in [0.05, 0.1) is 11.4 Å². The van der Waals surface area contributed by atoms with Gasteiger partial charge in [-0.2, -0.15) is 0 Å². The molecular formula is C31H24N2. The summed E-state index contributed by atoms with van der Waals surface area (Å²) in [5.41, 5.74) is 7.03. The third-order valence-electron chi connectivity index (χ3n) is 6.39. The van der Waals surface area contributed by atoms with Crippen molar-refractivity contribution in [3.8, 4) is 22.5 Å². The molecule has 33 heavy (non-hydrogen) atoms. The van der Waals surface area contributed by atoms with E-state index in [4.69, 9.17) is 9.97 Å². The number of pyridine rings is 2. The molecule has 0 saturated heterocycles. The number of benzene rings is 3. The first-order chi connectivity index (χ1) is 16.3. The highest BCUT2D eigenvalue weighted by Crippen LogP contribution is 2.27. The summed E-state index contributed by atoms with van der Waals surface area (Å²) in [4.78, 5) is 9.44. The van der Waals surface area contributed by atoms with E-state index in [0.717, 1.165) is 36.2 Å². The van der Waals surface area contributed by atoms with Gasteiger partial charge in [-0.25, -0.2) is 0 Å². The summed E-state index contributed by atoms with van der Waals surface area (Å²) in [6, 6.07) is 30.2. The fourth-order valence-electron chi connectivity index (χ4n) is 4.82. The van der Waals surface area contributed by atoms with E-state index in [2.05, 4.69) is 97.1 Å². The number of hydrogen-bond donors (Lipinski definition) is 0. The smallest absolute Gasteiger partial charge is 0.0780 e. The van der Waals surface area contributed by atoms with Gasteiger partial charge in [-0.3, -0.25) is 9.97 Å². The van der Waals surface area contributed by atoms with Crippen LogP contribution in [0.1, 0.15) is 24.0 Å². The van der Waals surface area contributed by atoms with Crippen molar-refractivity contribution < 1.29 is 0 Å². The molecule has 0 amide bonds. The van der Waals surface area contributed by atoms with Gasteiger partial charge in [0.1, 0.15) is 0 Å². The minimum atomic E-state index is 0.872. The zero-order chi connectivity index (χ0) is 22.0. The van der Waals surface area contributed by atoms with Crippen molar-refractivity contribution in [2.45, 2.75) is 19.3 Å². The van der Waals surface area contributed by atoms with Crippen molar-refractivity contribution in [1.82, 2.24) is 9.97 Å². The van der Waals surface area contributed by atoms with E-state index in [1.165, 1.54) is 37.9 Å². The average Bonchev–Trinajstić information content (AvgIpc) is 2.88. The molecule has 0 atom stereocenters. The standard InChI is InChI=1S/C31H24N2/c1-3-13-28-24(9-1)15-17-32-30(28)26-11-5-7-22(20-26)19-23-8-6-12-27(21-23)31-29-14-4-2-10-25(29)16-18-33-31/h1,3,5-18,20-21H,2,4,19H2. The number of rotatable bonds is 4. The van der Waals surface area contributed by atoms with Gasteiger partial charge in [0.15, 0.2) is 0 Å². The summed E-state index contributed by atoms with van der Waals surface area (Å²) in [5.74, 6) is 0. The SMILES string of the molecule is C1=c2ccnc(-c3cccc(Cc4cccc(-c5nccc6ccccc56)c4)c3)c2=CCC1. The van der Waals surface area contributed by atoms with E-state index in [0.29, 0.717) is 0 Å². The van der Waals surface area contributed by atoms with Gasteiger partial charge < -0.3 is 0 Å². The predicted molar refractivity (Wildman–Crippen MR) is 137 cm³/mol. The molecule has 2 heterocycles. The quantitative estimate of drug-likeness (QED) is 0.358. The van der Waals surface area contributed by atoms with E-state index < -0.39 is 0 Å². The predicted octanol–water partition coefficient (Wildman–Crippen LogP) is 5.91. The third kappa shape index (κ3) is 3.85. The maximum atomic E-state index is 4.73. The Balaban J connectivity index is 1.36. The zero-order valence-electron chi connectivity index (χ0n) is 18.4. The first-order valence-electron chi connectivity index (χ1n) is 11.5. The Kier molecular flexibility index (Phi) is 5.04. The van der Waals surface area contributed by atoms with Gasteiger partial charge in [0, 0.05) is 34.1 Å². The van der Waals surface area contributed by atoms with Crippen molar-refractivity contribution in [1.29, 1.82) is 0 Å². The number of aromatic nitrogens is 2. The highest BCUT2D eigenvalue weighted by molar-refractivity contribution is 5.94. The Morgan fingerprint density at radius 2 is 1.30 bits per heavy atom. The van der Waals surface area contributed by atoms with Gasteiger partial charge in [-0.1, -0.05) is 72.8 Å². The van der Waals surface area contributed by atoms with Gasteiger partial charge in [0.25, 0.3) is 0 Å². The second-order valence-corrected chi connectivity index (χ2v) is 8.61. The Labute approximate surface area is 193 Å². The molecule has 158 valence electrons. The topological polar surface area (TPSA) is 25.8 Å². The number of nitrogens with zero attached hydrogens (tertiary/aromatic N) is 2. The molecule has 0 fully saturated rings. The lowest BCUT2D eigenvalue weighted by atomic mass is 9.97.